The summed E-state index contributed by atoms with van der Waals surface area (Å²) in [6.45, 7) is 2.23. The largest absolute Gasteiger partial charge is 0.489 e. The molecule has 1 aromatic heterocycles. The van der Waals surface area contributed by atoms with Crippen molar-refractivity contribution in [3.63, 3.8) is 0 Å². The number of carbonyl (C=O) groups is 1. The molecule has 0 aliphatic carbocycles. The lowest BCUT2D eigenvalue weighted by Crippen LogP contribution is -2.16. The van der Waals surface area contributed by atoms with Crippen LogP contribution >= 0.6 is 12.4 Å². The van der Waals surface area contributed by atoms with Gasteiger partial charge < -0.3 is 20.0 Å². The molecule has 40 heavy (non-hydrogen) atoms. The molecule has 1 heterocycles. The van der Waals surface area contributed by atoms with Crippen LogP contribution in [-0.2, 0) is 37.5 Å². The van der Waals surface area contributed by atoms with E-state index in [0.29, 0.717) is 31.0 Å². The average Bonchev–Trinajstić information content (AvgIpc) is 3.34. The van der Waals surface area contributed by atoms with Crippen LogP contribution in [0.4, 0.5) is 0 Å². The number of halogens is 1. The monoisotopic (exact) mass is 556 g/mol. The summed E-state index contributed by atoms with van der Waals surface area (Å²) < 4.78 is 12.6. The average molecular weight is 557 g/mol. The van der Waals surface area contributed by atoms with Crippen LogP contribution in [0.2, 0.25) is 0 Å². The van der Waals surface area contributed by atoms with Gasteiger partial charge in [0.25, 0.3) is 0 Å². The van der Waals surface area contributed by atoms with Gasteiger partial charge in [-0.2, -0.15) is 0 Å². The van der Waals surface area contributed by atoms with Crippen molar-refractivity contribution in [1.29, 1.82) is 0 Å². The summed E-state index contributed by atoms with van der Waals surface area (Å²) in [5, 5.41) is 10.3. The number of hydrogen-bond acceptors (Lipinski definition) is 5. The zero-order valence-electron chi connectivity index (χ0n) is 22.4. The van der Waals surface area contributed by atoms with Gasteiger partial charge in [0.2, 0.25) is 0 Å². The van der Waals surface area contributed by atoms with E-state index in [1.165, 1.54) is 5.56 Å². The maximum Gasteiger partial charge on any atom is 0.307 e. The zero-order chi connectivity index (χ0) is 27.2. The lowest BCUT2D eigenvalue weighted by atomic mass is 9.99. The lowest BCUT2D eigenvalue weighted by molar-refractivity contribution is -0.136. The summed E-state index contributed by atoms with van der Waals surface area (Å²) in [7, 11) is 2.08. The highest BCUT2D eigenvalue weighted by Crippen LogP contribution is 2.34. The van der Waals surface area contributed by atoms with Crippen LogP contribution in [-0.4, -0.2) is 23.0 Å². The molecule has 6 nitrogen and oxygen atoms in total. The molecule has 0 unspecified atom stereocenters. The van der Waals surface area contributed by atoms with Crippen molar-refractivity contribution in [2.75, 3.05) is 7.05 Å². The van der Waals surface area contributed by atoms with Crippen LogP contribution in [0.15, 0.2) is 101 Å². The SMILES string of the molecule is CN(Cc1ccccc1)Cc1cc2cc(COc3ccccc3CC(=O)O)cc(-c3cccc(CN)c3)c2o1.Cl. The molecule has 0 fully saturated rings. The molecule has 0 amide bonds. The highest BCUT2D eigenvalue weighted by Gasteiger charge is 2.15. The van der Waals surface area contributed by atoms with E-state index in [9.17, 15) is 9.90 Å². The second kappa shape index (κ2) is 13.3. The quantitative estimate of drug-likeness (QED) is 0.186. The third kappa shape index (κ3) is 7.10. The molecule has 5 rings (SSSR count). The first-order valence-electron chi connectivity index (χ1n) is 13.0. The topological polar surface area (TPSA) is 88.9 Å². The van der Waals surface area contributed by atoms with E-state index in [4.69, 9.17) is 14.9 Å². The van der Waals surface area contributed by atoms with Gasteiger partial charge >= 0.3 is 5.97 Å². The third-order valence-electron chi connectivity index (χ3n) is 6.63. The number of rotatable bonds is 11. The summed E-state index contributed by atoms with van der Waals surface area (Å²) in [6, 6.07) is 32.1. The van der Waals surface area contributed by atoms with Crippen LogP contribution in [0.5, 0.6) is 5.75 Å². The highest BCUT2D eigenvalue weighted by molar-refractivity contribution is 5.93. The zero-order valence-corrected chi connectivity index (χ0v) is 23.2. The molecule has 5 aromatic rings. The number of carboxylic acid groups (broad SMARTS) is 1. The molecule has 206 valence electrons. The first-order chi connectivity index (χ1) is 19.0. The van der Waals surface area contributed by atoms with Gasteiger partial charge in [0.15, 0.2) is 0 Å². The molecule has 0 aliphatic heterocycles. The van der Waals surface area contributed by atoms with E-state index in [1.54, 1.807) is 12.1 Å². The Kier molecular flexibility index (Phi) is 9.61. The Morgan fingerprint density at radius 1 is 0.875 bits per heavy atom. The third-order valence-corrected chi connectivity index (χ3v) is 6.63. The molecular formula is C33H33ClN2O4. The fourth-order valence-electron chi connectivity index (χ4n) is 4.84. The van der Waals surface area contributed by atoms with Crippen molar-refractivity contribution in [1.82, 2.24) is 4.90 Å². The number of para-hydroxylation sites is 1. The predicted octanol–water partition coefficient (Wildman–Crippen LogP) is 6.82. The van der Waals surface area contributed by atoms with Crippen molar-refractivity contribution in [2.24, 2.45) is 5.73 Å². The van der Waals surface area contributed by atoms with E-state index < -0.39 is 5.97 Å². The molecule has 4 aromatic carbocycles. The Morgan fingerprint density at radius 2 is 1.62 bits per heavy atom. The Labute approximate surface area is 240 Å². The van der Waals surface area contributed by atoms with Crippen LogP contribution in [0, 0.1) is 0 Å². The number of fused-ring (bicyclic) bond motifs is 1. The molecule has 0 aliphatic rings. The van der Waals surface area contributed by atoms with Crippen molar-refractivity contribution in [3.8, 4) is 16.9 Å². The number of furan rings is 1. The summed E-state index contributed by atoms with van der Waals surface area (Å²) in [5.41, 5.74) is 12.6. The number of ether oxygens (including phenoxy) is 1. The Balaban J connectivity index is 0.00000370. The summed E-state index contributed by atoms with van der Waals surface area (Å²) in [6.07, 6.45) is -0.0894. The molecular weight excluding hydrogens is 524 g/mol. The number of nitrogens with two attached hydrogens (primary N) is 1. The van der Waals surface area contributed by atoms with Crippen molar-refractivity contribution < 1.29 is 19.1 Å². The van der Waals surface area contributed by atoms with E-state index in [2.05, 4.69) is 66.5 Å². The highest BCUT2D eigenvalue weighted by atomic mass is 35.5. The minimum Gasteiger partial charge on any atom is -0.489 e. The maximum atomic E-state index is 11.3. The summed E-state index contributed by atoms with van der Waals surface area (Å²) >= 11 is 0. The molecule has 0 radical (unpaired) electrons. The van der Waals surface area contributed by atoms with Gasteiger partial charge in [-0.3, -0.25) is 9.69 Å². The second-order valence-corrected chi connectivity index (χ2v) is 9.80. The van der Waals surface area contributed by atoms with Gasteiger partial charge in [-0.1, -0.05) is 66.7 Å². The van der Waals surface area contributed by atoms with Crippen LogP contribution < -0.4 is 10.5 Å². The molecule has 0 bridgehead atoms. The first-order valence-corrected chi connectivity index (χ1v) is 13.0. The Hall–Kier alpha value is -4.10. The van der Waals surface area contributed by atoms with Crippen molar-refractivity contribution >= 4 is 29.3 Å². The molecule has 0 saturated carbocycles. The fourth-order valence-corrected chi connectivity index (χ4v) is 4.84. The summed E-state index contributed by atoms with van der Waals surface area (Å²) in [4.78, 5) is 13.5. The lowest BCUT2D eigenvalue weighted by Gasteiger charge is -2.15. The Morgan fingerprint density at radius 3 is 2.40 bits per heavy atom. The molecule has 3 N–H and O–H groups in total. The summed E-state index contributed by atoms with van der Waals surface area (Å²) in [5.74, 6) is 0.560. The van der Waals surface area contributed by atoms with Crippen LogP contribution in [0.1, 0.15) is 28.0 Å². The standard InChI is InChI=1S/C33H32N2O4.ClH/c1-35(20-23-8-3-2-4-9-23)21-29-17-28-15-25(22-38-31-13-6-5-11-27(31)18-32(36)37)16-30(33(28)39-29)26-12-7-10-24(14-26)19-34;/h2-17H,18-22,34H2,1H3,(H,36,37);1H. The van der Waals surface area contributed by atoms with Gasteiger partial charge in [0, 0.05) is 29.6 Å². The molecule has 0 atom stereocenters. The van der Waals surface area contributed by atoms with Gasteiger partial charge in [-0.25, -0.2) is 0 Å². The Bertz CT molecular complexity index is 1580. The van der Waals surface area contributed by atoms with E-state index >= 15 is 0 Å². The van der Waals surface area contributed by atoms with Crippen LogP contribution in [0.3, 0.4) is 0 Å². The van der Waals surface area contributed by atoms with Crippen molar-refractivity contribution in [2.45, 2.75) is 32.7 Å². The minimum absolute atomic E-state index is 0. The van der Waals surface area contributed by atoms with Gasteiger partial charge in [0.05, 0.1) is 13.0 Å². The number of benzene rings is 4. The van der Waals surface area contributed by atoms with Crippen LogP contribution in [0.25, 0.3) is 22.1 Å². The first kappa shape index (κ1) is 28.9. The predicted molar refractivity (Wildman–Crippen MR) is 161 cm³/mol. The van der Waals surface area contributed by atoms with Gasteiger partial charge in [-0.15, -0.1) is 12.4 Å². The second-order valence-electron chi connectivity index (χ2n) is 9.80. The number of carboxylic acids is 1. The van der Waals surface area contributed by atoms with E-state index in [0.717, 1.165) is 45.5 Å². The molecule has 0 saturated heterocycles. The van der Waals surface area contributed by atoms with E-state index in [-0.39, 0.29) is 18.8 Å². The number of nitrogens with zero attached hydrogens (tertiary/aromatic N) is 1. The minimum atomic E-state index is -0.891. The maximum absolute atomic E-state index is 11.3. The van der Waals surface area contributed by atoms with Gasteiger partial charge in [-0.05, 0) is 59.6 Å². The normalized spacial score (nSPS) is 11.0. The smallest absolute Gasteiger partial charge is 0.307 e. The molecule has 7 heteroatoms. The molecule has 0 spiro atoms. The number of hydrogen-bond donors (Lipinski definition) is 2. The number of aliphatic carboxylic acids is 1. The van der Waals surface area contributed by atoms with Crippen molar-refractivity contribution in [3.05, 3.63) is 125 Å². The fraction of sp³-hybridized carbons (Fsp3) is 0.182. The van der Waals surface area contributed by atoms with Gasteiger partial charge in [0.1, 0.15) is 23.7 Å². The van der Waals surface area contributed by atoms with E-state index in [1.807, 2.05) is 30.3 Å².